The van der Waals surface area contributed by atoms with Gasteiger partial charge in [-0.15, -0.1) is 0 Å². The van der Waals surface area contributed by atoms with E-state index in [4.69, 9.17) is 4.74 Å². The molecule has 0 atom stereocenters. The molecule has 3 aromatic rings. The number of nitrogens with zero attached hydrogens (tertiary/aromatic N) is 3. The first-order chi connectivity index (χ1) is 16.5. The summed E-state index contributed by atoms with van der Waals surface area (Å²) in [5, 5.41) is 23.1. The van der Waals surface area contributed by atoms with Gasteiger partial charge in [0.1, 0.15) is 5.75 Å². The van der Waals surface area contributed by atoms with Crippen LogP contribution < -0.4 is 10.1 Å². The molecule has 1 saturated heterocycles. The van der Waals surface area contributed by atoms with Gasteiger partial charge in [0.25, 0.3) is 11.8 Å². The zero-order chi connectivity index (χ0) is 23.9. The Bertz CT molecular complexity index is 1130. The van der Waals surface area contributed by atoms with Crippen molar-refractivity contribution in [3.8, 4) is 28.8 Å². The number of hydrogen-bond acceptors (Lipinski definition) is 7. The highest BCUT2D eigenvalue weighted by molar-refractivity contribution is 5.95. The first-order valence-corrected chi connectivity index (χ1v) is 11.7. The minimum Gasteiger partial charge on any atom is -0.501 e. The fourth-order valence-electron chi connectivity index (χ4n) is 4.07. The molecular weight excluding hydrogens is 432 g/mol. The van der Waals surface area contributed by atoms with E-state index in [-0.39, 0.29) is 18.1 Å². The predicted molar refractivity (Wildman–Crippen MR) is 129 cm³/mol. The Kier molecular flexibility index (Phi) is 7.59. The van der Waals surface area contributed by atoms with Gasteiger partial charge in [-0.1, -0.05) is 48.9 Å². The smallest absolute Gasteiger partial charge is 0.274 e. The van der Waals surface area contributed by atoms with E-state index in [0.29, 0.717) is 17.9 Å². The van der Waals surface area contributed by atoms with E-state index in [1.165, 1.54) is 24.8 Å². The second-order valence-electron chi connectivity index (χ2n) is 8.33. The number of ether oxygens (including phenoxy) is 1. The molecule has 0 radical (unpaired) electrons. The number of carbonyl (C=O) groups is 1. The molecule has 1 aromatic heterocycles. The van der Waals surface area contributed by atoms with Crippen LogP contribution in [0.3, 0.4) is 0 Å². The lowest BCUT2D eigenvalue weighted by molar-refractivity contribution is 0.0941. The summed E-state index contributed by atoms with van der Waals surface area (Å²) in [6.45, 7) is 5.69. The Labute approximate surface area is 199 Å². The van der Waals surface area contributed by atoms with Gasteiger partial charge in [-0.3, -0.25) is 9.69 Å². The number of piperidine rings is 1. The van der Waals surface area contributed by atoms with Crippen molar-refractivity contribution in [1.82, 2.24) is 20.2 Å². The first-order valence-electron chi connectivity index (χ1n) is 11.7. The third kappa shape index (κ3) is 5.63. The molecule has 8 heteroatoms. The number of aromatic hydroxyl groups is 2. The fourth-order valence-corrected chi connectivity index (χ4v) is 4.07. The van der Waals surface area contributed by atoms with Crippen molar-refractivity contribution < 1.29 is 19.7 Å². The van der Waals surface area contributed by atoms with Crippen LogP contribution in [0, 0.1) is 0 Å². The predicted octanol–water partition coefficient (Wildman–Crippen LogP) is 3.87. The first kappa shape index (κ1) is 23.5. The van der Waals surface area contributed by atoms with Gasteiger partial charge in [0.05, 0.1) is 6.61 Å². The van der Waals surface area contributed by atoms with Gasteiger partial charge in [-0.25, -0.2) is 4.98 Å². The molecule has 0 unspecified atom stereocenters. The van der Waals surface area contributed by atoms with Crippen LogP contribution in [-0.2, 0) is 13.1 Å². The van der Waals surface area contributed by atoms with Gasteiger partial charge >= 0.3 is 0 Å². The van der Waals surface area contributed by atoms with Crippen molar-refractivity contribution in [2.45, 2.75) is 39.3 Å². The van der Waals surface area contributed by atoms with Crippen molar-refractivity contribution in [2.75, 3.05) is 19.7 Å². The second-order valence-corrected chi connectivity index (χ2v) is 8.33. The van der Waals surface area contributed by atoms with Gasteiger partial charge in [0, 0.05) is 24.2 Å². The maximum absolute atomic E-state index is 12.8. The largest absolute Gasteiger partial charge is 0.501 e. The Balaban J connectivity index is 1.49. The summed E-state index contributed by atoms with van der Waals surface area (Å²) in [7, 11) is 0. The zero-order valence-electron chi connectivity index (χ0n) is 19.3. The molecule has 3 N–H and O–H groups in total. The fraction of sp³-hybridized carbons (Fsp3) is 0.346. The lowest BCUT2D eigenvalue weighted by atomic mass is 10.1. The topological polar surface area (TPSA) is 108 Å². The number of hydrogen-bond donors (Lipinski definition) is 3. The summed E-state index contributed by atoms with van der Waals surface area (Å²) >= 11 is 0. The molecule has 4 rings (SSSR count). The van der Waals surface area contributed by atoms with Crippen LogP contribution in [0.5, 0.6) is 17.4 Å². The molecule has 34 heavy (non-hydrogen) atoms. The number of amides is 1. The average molecular weight is 463 g/mol. The van der Waals surface area contributed by atoms with Crippen molar-refractivity contribution in [3.63, 3.8) is 0 Å². The van der Waals surface area contributed by atoms with E-state index in [1.807, 2.05) is 55.5 Å². The molecule has 0 saturated carbocycles. The van der Waals surface area contributed by atoms with Crippen LogP contribution in [0.4, 0.5) is 0 Å². The van der Waals surface area contributed by atoms with E-state index < -0.39 is 17.5 Å². The summed E-state index contributed by atoms with van der Waals surface area (Å²) in [4.78, 5) is 23.5. The van der Waals surface area contributed by atoms with Gasteiger partial charge < -0.3 is 20.3 Å². The van der Waals surface area contributed by atoms with E-state index in [1.54, 1.807) is 0 Å². The minimum atomic E-state index is -0.652. The number of benzene rings is 2. The quantitative estimate of drug-likeness (QED) is 0.466. The average Bonchev–Trinajstić information content (AvgIpc) is 2.86. The molecule has 2 aromatic carbocycles. The molecule has 178 valence electrons. The van der Waals surface area contributed by atoms with E-state index >= 15 is 0 Å². The molecule has 2 heterocycles. The molecule has 1 aliphatic heterocycles. The maximum atomic E-state index is 12.8. The summed E-state index contributed by atoms with van der Waals surface area (Å²) in [6.07, 6.45) is 3.77. The van der Waals surface area contributed by atoms with E-state index in [2.05, 4.69) is 20.2 Å². The second kappa shape index (κ2) is 11.0. The van der Waals surface area contributed by atoms with Crippen LogP contribution in [0.1, 0.15) is 47.8 Å². The normalized spacial score (nSPS) is 14.0. The molecule has 1 fully saturated rings. The Morgan fingerprint density at radius 1 is 1.03 bits per heavy atom. The lowest BCUT2D eigenvalue weighted by Crippen LogP contribution is -2.29. The van der Waals surface area contributed by atoms with Crippen LogP contribution in [0.2, 0.25) is 0 Å². The summed E-state index contributed by atoms with van der Waals surface area (Å²) in [5.41, 5.74) is 2.33. The van der Waals surface area contributed by atoms with Gasteiger partial charge in [0.15, 0.2) is 11.5 Å². The highest BCUT2D eigenvalue weighted by Crippen LogP contribution is 2.29. The Hall–Kier alpha value is -3.65. The number of para-hydroxylation sites is 1. The highest BCUT2D eigenvalue weighted by atomic mass is 16.5. The molecule has 0 aliphatic carbocycles. The number of carbonyl (C=O) groups excluding carboxylic acids is 1. The number of rotatable bonds is 8. The number of likely N-dealkylation sites (tertiary alicyclic amines) is 1. The Morgan fingerprint density at radius 2 is 1.76 bits per heavy atom. The van der Waals surface area contributed by atoms with Crippen LogP contribution in [0.25, 0.3) is 11.4 Å². The SMILES string of the molecule is CCOc1ccccc1CNC(=O)c1nc(-c2ccc(CN3CCCCC3)cc2)nc(O)c1O. The van der Waals surface area contributed by atoms with Crippen molar-refractivity contribution in [3.05, 3.63) is 65.4 Å². The van der Waals surface area contributed by atoms with E-state index in [9.17, 15) is 15.0 Å². The molecule has 0 bridgehead atoms. The summed E-state index contributed by atoms with van der Waals surface area (Å²) in [6, 6.07) is 15.1. The monoisotopic (exact) mass is 462 g/mol. The maximum Gasteiger partial charge on any atom is 0.274 e. The van der Waals surface area contributed by atoms with Crippen LogP contribution >= 0.6 is 0 Å². The van der Waals surface area contributed by atoms with E-state index in [0.717, 1.165) is 25.2 Å². The number of aromatic nitrogens is 2. The Morgan fingerprint density at radius 3 is 2.50 bits per heavy atom. The standard InChI is InChI=1S/C26H30N4O4/c1-2-34-21-9-5-4-8-20(21)16-27-25(32)22-23(31)26(33)29-24(28-22)19-12-10-18(11-13-19)17-30-14-6-3-7-15-30/h4-5,8-13,31H,2-3,6-7,14-17H2,1H3,(H,27,32)(H,28,29,33). The van der Waals surface area contributed by atoms with Crippen LogP contribution in [-0.4, -0.2) is 50.7 Å². The summed E-state index contributed by atoms with van der Waals surface area (Å²) in [5.74, 6) is -1.07. The third-order valence-corrected chi connectivity index (χ3v) is 5.86. The highest BCUT2D eigenvalue weighted by Gasteiger charge is 2.21. The van der Waals surface area contributed by atoms with Crippen molar-refractivity contribution in [1.29, 1.82) is 0 Å². The molecule has 1 amide bonds. The zero-order valence-corrected chi connectivity index (χ0v) is 19.3. The third-order valence-electron chi connectivity index (χ3n) is 5.86. The van der Waals surface area contributed by atoms with Crippen molar-refractivity contribution in [2.24, 2.45) is 0 Å². The minimum absolute atomic E-state index is 0.166. The molecule has 1 aliphatic rings. The van der Waals surface area contributed by atoms with Gasteiger partial charge in [-0.2, -0.15) is 4.98 Å². The molecule has 0 spiro atoms. The van der Waals surface area contributed by atoms with Crippen LogP contribution in [0.15, 0.2) is 48.5 Å². The summed E-state index contributed by atoms with van der Waals surface area (Å²) < 4.78 is 5.58. The molecular formula is C26H30N4O4. The van der Waals surface area contributed by atoms with Gasteiger partial charge in [-0.05, 0) is 44.5 Å². The van der Waals surface area contributed by atoms with Gasteiger partial charge in [0.2, 0.25) is 5.75 Å². The molecule has 8 nitrogen and oxygen atoms in total. The lowest BCUT2D eigenvalue weighted by Gasteiger charge is -2.26. The number of nitrogens with one attached hydrogen (secondary N) is 1. The van der Waals surface area contributed by atoms with Crippen molar-refractivity contribution >= 4 is 5.91 Å².